The number of hydrogen-bond acceptors (Lipinski definition) is 4. The van der Waals surface area contributed by atoms with Gasteiger partial charge in [0.2, 0.25) is 0 Å². The number of carbonyl (C=O) groups is 1. The predicted octanol–water partition coefficient (Wildman–Crippen LogP) is 2.93. The lowest BCUT2D eigenvalue weighted by Gasteiger charge is -2.33. The molecule has 1 aliphatic rings. The van der Waals surface area contributed by atoms with Gasteiger partial charge in [0, 0.05) is 26.2 Å². The molecular weight excluding hydrogens is 302 g/mol. The molecule has 0 aromatic heterocycles. The Balaban J connectivity index is 1.93. The Morgan fingerprint density at radius 1 is 1.42 bits per heavy atom. The molecule has 130 valence electrons. The summed E-state index contributed by atoms with van der Waals surface area (Å²) in [6.07, 6.45) is 4.14. The van der Waals surface area contributed by atoms with Gasteiger partial charge in [0.05, 0.1) is 18.1 Å². The van der Waals surface area contributed by atoms with Crippen LogP contribution in [-0.4, -0.2) is 55.0 Å². The van der Waals surface area contributed by atoms with Gasteiger partial charge in [0.1, 0.15) is 12.4 Å². The molecule has 0 aliphatic carbocycles. The third-order valence-corrected chi connectivity index (χ3v) is 4.60. The van der Waals surface area contributed by atoms with Crippen LogP contribution >= 0.6 is 0 Å². The Hall–Kier alpha value is -2.06. The second-order valence-electron chi connectivity index (χ2n) is 6.36. The minimum absolute atomic E-state index is 0.104. The molecule has 1 heterocycles. The maximum absolute atomic E-state index is 12.5. The number of carbonyl (C=O) groups excluding carboxylic acids is 1. The van der Waals surface area contributed by atoms with Crippen LogP contribution in [0.15, 0.2) is 24.3 Å². The highest BCUT2D eigenvalue weighted by Crippen LogP contribution is 2.20. The molecule has 0 spiro atoms. The number of likely N-dealkylation sites (tertiary alicyclic amines) is 1. The summed E-state index contributed by atoms with van der Waals surface area (Å²) in [4.78, 5) is 16.5. The molecule has 1 saturated heterocycles. The quantitative estimate of drug-likeness (QED) is 0.772. The fourth-order valence-corrected chi connectivity index (χ4v) is 3.06. The molecule has 0 N–H and O–H groups in total. The van der Waals surface area contributed by atoms with E-state index in [2.05, 4.69) is 17.9 Å². The van der Waals surface area contributed by atoms with E-state index in [1.165, 1.54) is 19.3 Å². The van der Waals surface area contributed by atoms with Gasteiger partial charge in [-0.1, -0.05) is 18.6 Å². The highest BCUT2D eigenvalue weighted by molar-refractivity contribution is 5.96. The second kappa shape index (κ2) is 9.29. The van der Waals surface area contributed by atoms with E-state index in [0.717, 1.165) is 13.1 Å². The topological polar surface area (TPSA) is 56.6 Å². The van der Waals surface area contributed by atoms with Crippen LogP contribution in [0.3, 0.4) is 0 Å². The smallest absolute Gasteiger partial charge is 0.257 e. The Morgan fingerprint density at radius 3 is 2.96 bits per heavy atom. The van der Waals surface area contributed by atoms with E-state index in [-0.39, 0.29) is 5.91 Å². The summed E-state index contributed by atoms with van der Waals surface area (Å²) >= 11 is 0. The molecule has 5 heteroatoms. The number of nitriles is 1. The summed E-state index contributed by atoms with van der Waals surface area (Å²) in [7, 11) is 1.71. The molecule has 1 amide bonds. The first kappa shape index (κ1) is 18.3. The number of rotatable bonds is 7. The Kier molecular flexibility index (Phi) is 7.07. The molecule has 0 radical (unpaired) electrons. The number of amides is 1. The maximum atomic E-state index is 12.5. The summed E-state index contributed by atoms with van der Waals surface area (Å²) in [5.74, 6) is 0.517. The highest BCUT2D eigenvalue weighted by Gasteiger charge is 2.19. The molecule has 24 heavy (non-hydrogen) atoms. The van der Waals surface area contributed by atoms with Crippen LogP contribution in [0.2, 0.25) is 0 Å². The monoisotopic (exact) mass is 329 g/mol. The Bertz CT molecular complexity index is 582. The first-order valence-electron chi connectivity index (χ1n) is 8.71. The first-order chi connectivity index (χ1) is 11.6. The van der Waals surface area contributed by atoms with Gasteiger partial charge in [-0.15, -0.1) is 0 Å². The number of nitrogens with zero attached hydrogens (tertiary/aromatic N) is 3. The molecule has 5 nitrogen and oxygen atoms in total. The lowest BCUT2D eigenvalue weighted by molar-refractivity contribution is 0.0791. The van der Waals surface area contributed by atoms with Crippen molar-refractivity contribution in [3.05, 3.63) is 29.8 Å². The molecule has 1 aromatic rings. The summed E-state index contributed by atoms with van der Waals surface area (Å²) in [6.45, 7) is 5.28. The first-order valence-corrected chi connectivity index (χ1v) is 8.71. The average molecular weight is 329 g/mol. The lowest BCUT2D eigenvalue weighted by Crippen LogP contribution is -2.40. The van der Waals surface area contributed by atoms with Crippen molar-refractivity contribution in [2.24, 2.45) is 0 Å². The van der Waals surface area contributed by atoms with Crippen molar-refractivity contribution in [2.45, 2.75) is 38.6 Å². The van der Waals surface area contributed by atoms with Crippen LogP contribution in [0.1, 0.15) is 43.0 Å². The van der Waals surface area contributed by atoms with Gasteiger partial charge in [-0.3, -0.25) is 9.69 Å². The van der Waals surface area contributed by atoms with Crippen molar-refractivity contribution in [2.75, 3.05) is 33.3 Å². The zero-order valence-electron chi connectivity index (χ0n) is 14.7. The summed E-state index contributed by atoms with van der Waals surface area (Å²) in [5, 5.41) is 8.67. The standard InChI is InChI=1S/C19H27N3O2/c1-16-8-5-6-13-22(16)14-15-24-18-10-4-3-9-17(18)19(23)21(2)12-7-11-20/h3-4,9-10,16H,5-8,12-15H2,1-2H3. The Labute approximate surface area is 144 Å². The van der Waals surface area contributed by atoms with Gasteiger partial charge in [0.25, 0.3) is 5.91 Å². The summed E-state index contributed by atoms with van der Waals surface area (Å²) in [5.41, 5.74) is 0.560. The van der Waals surface area contributed by atoms with E-state index in [9.17, 15) is 4.79 Å². The number of piperidine rings is 1. The zero-order valence-corrected chi connectivity index (χ0v) is 14.7. The van der Waals surface area contributed by atoms with Crippen molar-refractivity contribution in [1.82, 2.24) is 9.80 Å². The van der Waals surface area contributed by atoms with E-state index in [1.807, 2.05) is 18.2 Å². The third kappa shape index (κ3) is 4.97. The highest BCUT2D eigenvalue weighted by atomic mass is 16.5. The van der Waals surface area contributed by atoms with E-state index in [4.69, 9.17) is 10.00 Å². The second-order valence-corrected chi connectivity index (χ2v) is 6.36. The lowest BCUT2D eigenvalue weighted by atomic mass is 10.0. The minimum Gasteiger partial charge on any atom is -0.491 e. The molecule has 1 unspecified atom stereocenters. The van der Waals surface area contributed by atoms with Gasteiger partial charge in [-0.2, -0.15) is 5.26 Å². The molecule has 1 aromatic carbocycles. The van der Waals surface area contributed by atoms with Crippen LogP contribution in [0.4, 0.5) is 0 Å². The van der Waals surface area contributed by atoms with Crippen LogP contribution in [0.25, 0.3) is 0 Å². The van der Waals surface area contributed by atoms with E-state index in [0.29, 0.717) is 36.9 Å². The van der Waals surface area contributed by atoms with Crippen LogP contribution in [0, 0.1) is 11.3 Å². The zero-order chi connectivity index (χ0) is 17.4. The van der Waals surface area contributed by atoms with E-state index >= 15 is 0 Å². The average Bonchev–Trinajstić information content (AvgIpc) is 2.61. The van der Waals surface area contributed by atoms with E-state index in [1.54, 1.807) is 18.0 Å². The third-order valence-electron chi connectivity index (χ3n) is 4.60. The predicted molar refractivity (Wildman–Crippen MR) is 94.0 cm³/mol. The fourth-order valence-electron chi connectivity index (χ4n) is 3.06. The van der Waals surface area contributed by atoms with Gasteiger partial charge in [-0.25, -0.2) is 0 Å². The van der Waals surface area contributed by atoms with Crippen LogP contribution in [0.5, 0.6) is 5.75 Å². The molecule has 1 atom stereocenters. The van der Waals surface area contributed by atoms with Crippen molar-refractivity contribution >= 4 is 5.91 Å². The number of ether oxygens (including phenoxy) is 1. The summed E-state index contributed by atoms with van der Waals surface area (Å²) < 4.78 is 5.91. The molecule has 1 fully saturated rings. The minimum atomic E-state index is -0.104. The van der Waals surface area contributed by atoms with Gasteiger partial charge in [0.15, 0.2) is 0 Å². The van der Waals surface area contributed by atoms with E-state index < -0.39 is 0 Å². The largest absolute Gasteiger partial charge is 0.491 e. The van der Waals surface area contributed by atoms with Gasteiger partial charge in [-0.05, 0) is 38.4 Å². The van der Waals surface area contributed by atoms with Crippen LogP contribution in [-0.2, 0) is 0 Å². The van der Waals surface area contributed by atoms with Crippen molar-refractivity contribution < 1.29 is 9.53 Å². The van der Waals surface area contributed by atoms with Crippen molar-refractivity contribution in [1.29, 1.82) is 5.26 Å². The van der Waals surface area contributed by atoms with Crippen molar-refractivity contribution in [3.63, 3.8) is 0 Å². The SMILES string of the molecule is CC1CCCCN1CCOc1ccccc1C(=O)N(C)CCC#N. The van der Waals surface area contributed by atoms with Gasteiger partial charge >= 0.3 is 0 Å². The Morgan fingerprint density at radius 2 is 2.21 bits per heavy atom. The molecule has 0 bridgehead atoms. The van der Waals surface area contributed by atoms with Crippen molar-refractivity contribution in [3.8, 4) is 11.8 Å². The molecule has 0 saturated carbocycles. The number of hydrogen-bond donors (Lipinski definition) is 0. The maximum Gasteiger partial charge on any atom is 0.257 e. The number of benzene rings is 1. The molecule has 2 rings (SSSR count). The van der Waals surface area contributed by atoms with Crippen LogP contribution < -0.4 is 4.74 Å². The number of para-hydroxylation sites is 1. The molecular formula is C19H27N3O2. The van der Waals surface area contributed by atoms with Gasteiger partial charge < -0.3 is 9.64 Å². The summed E-state index contributed by atoms with van der Waals surface area (Å²) in [6, 6.07) is 10.0. The normalized spacial score (nSPS) is 18.0. The molecule has 1 aliphatic heterocycles. The fraction of sp³-hybridized carbons (Fsp3) is 0.579.